The molecule has 1 aromatic rings. The van der Waals surface area contributed by atoms with Gasteiger partial charge in [0.05, 0.1) is 0 Å². The first-order chi connectivity index (χ1) is 4.83. The van der Waals surface area contributed by atoms with Gasteiger partial charge in [0.2, 0.25) is 0 Å². The van der Waals surface area contributed by atoms with Crippen molar-refractivity contribution in [2.24, 2.45) is 0 Å². The van der Waals surface area contributed by atoms with Crippen LogP contribution < -0.4 is 4.74 Å². The van der Waals surface area contributed by atoms with E-state index >= 15 is 0 Å². The van der Waals surface area contributed by atoms with E-state index in [9.17, 15) is 4.79 Å². The second-order valence-corrected chi connectivity index (χ2v) is 2.32. The van der Waals surface area contributed by atoms with Gasteiger partial charge in [-0.05, 0) is 0 Å². The van der Waals surface area contributed by atoms with Gasteiger partial charge in [0.15, 0.2) is 0 Å². The molecule has 0 spiro atoms. The van der Waals surface area contributed by atoms with Gasteiger partial charge in [0.1, 0.15) is 12.2 Å². The first-order valence-corrected chi connectivity index (χ1v) is 3.67. The second-order valence-electron chi connectivity index (χ2n) is 1.31. The summed E-state index contributed by atoms with van der Waals surface area (Å²) in [6.45, 7) is 0. The summed E-state index contributed by atoms with van der Waals surface area (Å²) in [6.07, 6.45) is 1.31. The van der Waals surface area contributed by atoms with E-state index in [1.54, 1.807) is 0 Å². The molecule has 0 saturated heterocycles. The zero-order valence-electron chi connectivity index (χ0n) is 4.78. The molecule has 0 saturated carbocycles. The van der Waals surface area contributed by atoms with Crippen LogP contribution in [0.15, 0.2) is 6.33 Å². The maximum absolute atomic E-state index is 10.5. The van der Waals surface area contributed by atoms with E-state index in [4.69, 9.17) is 11.6 Å². The van der Waals surface area contributed by atoms with Gasteiger partial charge in [0, 0.05) is 11.5 Å². The van der Waals surface area contributed by atoms with Crippen LogP contribution in [0.5, 0.6) is 5.19 Å². The Kier molecular flexibility index (Phi) is 2.58. The normalized spacial score (nSPS) is 9.30. The number of nitrogens with zero attached hydrogens (tertiary/aromatic N) is 2. The zero-order valence-corrected chi connectivity index (χ0v) is 6.35. The summed E-state index contributed by atoms with van der Waals surface area (Å²) in [6, 6.07) is 0. The highest BCUT2D eigenvalue weighted by Gasteiger charge is 2.03. The number of carbonyl (C=O) groups is 1. The van der Waals surface area contributed by atoms with Crippen molar-refractivity contribution in [3.63, 3.8) is 0 Å². The first kappa shape index (κ1) is 7.43. The summed E-state index contributed by atoms with van der Waals surface area (Å²) in [4.78, 5) is 14.1. The summed E-state index contributed by atoms with van der Waals surface area (Å²) in [7, 11) is 0. The van der Waals surface area contributed by atoms with Crippen molar-refractivity contribution >= 4 is 29.1 Å². The minimum atomic E-state index is -0.515. The Hall–Kier alpha value is -0.680. The van der Waals surface area contributed by atoms with E-state index in [1.807, 2.05) is 0 Å². The Morgan fingerprint density at radius 2 is 2.70 bits per heavy atom. The molecule has 10 heavy (non-hydrogen) atoms. The minimum Gasteiger partial charge on any atom is -0.396 e. The lowest BCUT2D eigenvalue weighted by Crippen LogP contribution is -2.08. The third kappa shape index (κ3) is 1.93. The molecule has 54 valence electrons. The zero-order chi connectivity index (χ0) is 7.40. The quantitative estimate of drug-likeness (QED) is 0.494. The van der Waals surface area contributed by atoms with E-state index in [-0.39, 0.29) is 11.1 Å². The number of carbonyl (C=O) groups excluding carboxylic acids is 1. The second kappa shape index (κ2) is 3.48. The maximum atomic E-state index is 10.5. The maximum Gasteiger partial charge on any atom is 0.328 e. The van der Waals surface area contributed by atoms with E-state index in [0.717, 1.165) is 11.5 Å². The number of alkyl halides is 1. The highest BCUT2D eigenvalue weighted by atomic mass is 35.5. The van der Waals surface area contributed by atoms with Crippen LogP contribution in [-0.4, -0.2) is 21.2 Å². The van der Waals surface area contributed by atoms with Crippen LogP contribution in [0.2, 0.25) is 0 Å². The van der Waals surface area contributed by atoms with Crippen LogP contribution in [0.4, 0.5) is 0 Å². The lowest BCUT2D eigenvalue weighted by molar-refractivity contribution is -0.131. The Bertz CT molecular complexity index is 213. The highest BCUT2D eigenvalue weighted by Crippen LogP contribution is 2.09. The fourth-order valence-corrected chi connectivity index (χ4v) is 0.796. The molecule has 6 heteroatoms. The van der Waals surface area contributed by atoms with Gasteiger partial charge in [-0.15, -0.1) is 11.6 Å². The van der Waals surface area contributed by atoms with Gasteiger partial charge in [-0.3, -0.25) is 4.79 Å². The van der Waals surface area contributed by atoms with Crippen LogP contribution >= 0.6 is 23.1 Å². The Morgan fingerprint density at radius 1 is 1.90 bits per heavy atom. The Balaban J connectivity index is 2.48. The van der Waals surface area contributed by atoms with Gasteiger partial charge >= 0.3 is 11.2 Å². The lowest BCUT2D eigenvalue weighted by atomic mass is 10.8. The molecule has 0 unspecified atom stereocenters. The summed E-state index contributed by atoms with van der Waals surface area (Å²) in [5, 5.41) is 0.227. The molecular formula is C4H3ClN2O2S. The summed E-state index contributed by atoms with van der Waals surface area (Å²) in [5.41, 5.74) is 0. The third-order valence-corrected chi connectivity index (χ3v) is 1.41. The minimum absolute atomic E-state index is 0.167. The van der Waals surface area contributed by atoms with Gasteiger partial charge in [-0.1, -0.05) is 0 Å². The monoisotopic (exact) mass is 178 g/mol. The number of aromatic nitrogens is 2. The van der Waals surface area contributed by atoms with Crippen molar-refractivity contribution in [3.8, 4) is 5.19 Å². The molecule has 1 heterocycles. The van der Waals surface area contributed by atoms with Crippen LogP contribution in [0, 0.1) is 0 Å². The number of halogens is 1. The van der Waals surface area contributed by atoms with Gasteiger partial charge < -0.3 is 4.74 Å². The summed E-state index contributed by atoms with van der Waals surface area (Å²) < 4.78 is 8.20. The molecule has 0 aliphatic rings. The average Bonchev–Trinajstić information content (AvgIpc) is 2.40. The average molecular weight is 179 g/mol. The van der Waals surface area contributed by atoms with Crippen LogP contribution in [0.3, 0.4) is 0 Å². The van der Waals surface area contributed by atoms with E-state index in [1.165, 1.54) is 6.33 Å². The Labute approximate surface area is 66.0 Å². The molecule has 0 amide bonds. The molecule has 0 fully saturated rings. The van der Waals surface area contributed by atoms with Crippen molar-refractivity contribution in [1.82, 2.24) is 9.36 Å². The molecule has 1 aromatic heterocycles. The van der Waals surface area contributed by atoms with Crippen LogP contribution in [-0.2, 0) is 4.79 Å². The standard InChI is InChI=1S/C4H3ClN2O2S/c5-1-3(8)9-4-6-2-7-10-4/h2H,1H2. The van der Waals surface area contributed by atoms with E-state index in [0.29, 0.717) is 0 Å². The van der Waals surface area contributed by atoms with Gasteiger partial charge in [-0.25, -0.2) is 0 Å². The van der Waals surface area contributed by atoms with E-state index in [2.05, 4.69) is 14.1 Å². The molecule has 0 aliphatic carbocycles. The smallest absolute Gasteiger partial charge is 0.328 e. The van der Waals surface area contributed by atoms with Crippen molar-refractivity contribution in [3.05, 3.63) is 6.33 Å². The SMILES string of the molecule is O=C(CCl)Oc1ncns1. The first-order valence-electron chi connectivity index (χ1n) is 2.36. The van der Waals surface area contributed by atoms with Gasteiger partial charge in [0.25, 0.3) is 0 Å². The molecule has 0 radical (unpaired) electrons. The molecule has 1 rings (SSSR count). The fourth-order valence-electron chi connectivity index (χ4n) is 0.333. The number of hydrogen-bond acceptors (Lipinski definition) is 5. The van der Waals surface area contributed by atoms with E-state index < -0.39 is 5.97 Å². The van der Waals surface area contributed by atoms with Crippen LogP contribution in [0.1, 0.15) is 0 Å². The number of ether oxygens (including phenoxy) is 1. The molecular weight excluding hydrogens is 176 g/mol. The Morgan fingerprint density at radius 3 is 3.20 bits per heavy atom. The van der Waals surface area contributed by atoms with Crippen molar-refractivity contribution in [2.75, 3.05) is 5.88 Å². The largest absolute Gasteiger partial charge is 0.396 e. The highest BCUT2D eigenvalue weighted by molar-refractivity contribution is 7.07. The third-order valence-electron chi connectivity index (χ3n) is 0.651. The molecule has 0 bridgehead atoms. The fraction of sp³-hybridized carbons (Fsp3) is 0.250. The molecule has 0 aliphatic heterocycles. The topological polar surface area (TPSA) is 52.1 Å². The number of rotatable bonds is 2. The van der Waals surface area contributed by atoms with Gasteiger partial charge in [-0.2, -0.15) is 9.36 Å². The van der Waals surface area contributed by atoms with Crippen LogP contribution in [0.25, 0.3) is 0 Å². The number of hydrogen-bond donors (Lipinski definition) is 0. The van der Waals surface area contributed by atoms with Crippen molar-refractivity contribution in [2.45, 2.75) is 0 Å². The van der Waals surface area contributed by atoms with Crippen molar-refractivity contribution in [1.29, 1.82) is 0 Å². The predicted octanol–water partition coefficient (Wildman–Crippen LogP) is 0.682. The predicted molar refractivity (Wildman–Crippen MR) is 36.3 cm³/mol. The molecule has 0 N–H and O–H groups in total. The molecule has 4 nitrogen and oxygen atoms in total. The van der Waals surface area contributed by atoms with Crippen molar-refractivity contribution < 1.29 is 9.53 Å². The number of esters is 1. The lowest BCUT2D eigenvalue weighted by Gasteiger charge is -1.91. The summed E-state index contributed by atoms with van der Waals surface area (Å²) >= 11 is 6.15. The summed E-state index contributed by atoms with van der Waals surface area (Å²) in [5.74, 6) is -0.682. The molecule has 0 atom stereocenters. The molecule has 0 aromatic carbocycles.